The Labute approximate surface area is 119 Å². The van der Waals surface area contributed by atoms with Crippen LogP contribution in [0.25, 0.3) is 0 Å². The standard InChI is InChI=1S/C15H21ClN2O/c1-2-7-14(19)17-13-9-6-8-12(16)15(13)18-10-4-3-5-11-18/h6,8-9H,2-5,7,10-11H2,1H3,(H,17,19). The molecular formula is C15H21ClN2O. The highest BCUT2D eigenvalue weighted by molar-refractivity contribution is 6.34. The molecule has 1 aliphatic rings. The highest BCUT2D eigenvalue weighted by Crippen LogP contribution is 2.35. The first-order valence-corrected chi connectivity index (χ1v) is 7.43. The second kappa shape index (κ2) is 6.80. The van der Waals surface area contributed by atoms with Crippen LogP contribution in [0.1, 0.15) is 39.0 Å². The van der Waals surface area contributed by atoms with Crippen molar-refractivity contribution in [1.82, 2.24) is 0 Å². The average Bonchev–Trinajstić information content (AvgIpc) is 2.40. The molecule has 1 saturated heterocycles. The van der Waals surface area contributed by atoms with Crippen LogP contribution in [0.3, 0.4) is 0 Å². The second-order valence-electron chi connectivity index (χ2n) is 4.98. The normalized spacial score (nSPS) is 15.4. The largest absolute Gasteiger partial charge is 0.369 e. The third kappa shape index (κ3) is 3.63. The number of amides is 1. The summed E-state index contributed by atoms with van der Waals surface area (Å²) in [6, 6.07) is 5.71. The number of halogens is 1. The SMILES string of the molecule is CCCC(=O)Nc1cccc(Cl)c1N1CCCCC1. The number of hydrogen-bond donors (Lipinski definition) is 1. The minimum Gasteiger partial charge on any atom is -0.369 e. The minimum absolute atomic E-state index is 0.0584. The van der Waals surface area contributed by atoms with Crippen molar-refractivity contribution in [3.63, 3.8) is 0 Å². The molecule has 1 aliphatic heterocycles. The molecule has 1 fully saturated rings. The minimum atomic E-state index is 0.0584. The van der Waals surface area contributed by atoms with Crippen molar-refractivity contribution in [2.75, 3.05) is 23.3 Å². The van der Waals surface area contributed by atoms with Crippen molar-refractivity contribution >= 4 is 28.9 Å². The van der Waals surface area contributed by atoms with Gasteiger partial charge in [0.1, 0.15) is 0 Å². The van der Waals surface area contributed by atoms with Gasteiger partial charge in [-0.1, -0.05) is 24.6 Å². The highest BCUT2D eigenvalue weighted by Gasteiger charge is 2.18. The van der Waals surface area contributed by atoms with E-state index in [1.54, 1.807) is 0 Å². The lowest BCUT2D eigenvalue weighted by molar-refractivity contribution is -0.116. The Bertz CT molecular complexity index is 442. The van der Waals surface area contributed by atoms with Crippen LogP contribution in [-0.2, 0) is 4.79 Å². The Kier molecular flexibility index (Phi) is 5.08. The predicted molar refractivity (Wildman–Crippen MR) is 81.1 cm³/mol. The van der Waals surface area contributed by atoms with Gasteiger partial charge in [-0.05, 0) is 37.8 Å². The van der Waals surface area contributed by atoms with Crippen molar-refractivity contribution in [1.29, 1.82) is 0 Å². The second-order valence-corrected chi connectivity index (χ2v) is 5.39. The average molecular weight is 281 g/mol. The number of para-hydroxylation sites is 1. The number of piperidine rings is 1. The molecule has 1 aromatic rings. The first-order valence-electron chi connectivity index (χ1n) is 7.05. The number of rotatable bonds is 4. The molecule has 4 heteroatoms. The van der Waals surface area contributed by atoms with Crippen LogP contribution in [0.2, 0.25) is 5.02 Å². The zero-order valence-corrected chi connectivity index (χ0v) is 12.2. The maximum absolute atomic E-state index is 11.8. The summed E-state index contributed by atoms with van der Waals surface area (Å²) in [5.74, 6) is 0.0584. The Morgan fingerprint density at radius 3 is 2.74 bits per heavy atom. The van der Waals surface area contributed by atoms with Crippen LogP contribution in [0.4, 0.5) is 11.4 Å². The van der Waals surface area contributed by atoms with E-state index in [9.17, 15) is 4.79 Å². The quantitative estimate of drug-likeness (QED) is 0.902. The van der Waals surface area contributed by atoms with Crippen LogP contribution in [0.15, 0.2) is 18.2 Å². The van der Waals surface area contributed by atoms with E-state index in [1.807, 2.05) is 25.1 Å². The summed E-state index contributed by atoms with van der Waals surface area (Å²) < 4.78 is 0. The summed E-state index contributed by atoms with van der Waals surface area (Å²) in [7, 11) is 0. The van der Waals surface area contributed by atoms with Gasteiger partial charge in [0.15, 0.2) is 0 Å². The number of hydrogen-bond acceptors (Lipinski definition) is 2. The van der Waals surface area contributed by atoms with Gasteiger partial charge in [0.2, 0.25) is 5.91 Å². The summed E-state index contributed by atoms with van der Waals surface area (Å²) >= 11 is 6.33. The molecule has 1 aromatic carbocycles. The summed E-state index contributed by atoms with van der Waals surface area (Å²) in [4.78, 5) is 14.1. The topological polar surface area (TPSA) is 32.3 Å². The molecule has 0 radical (unpaired) electrons. The molecule has 1 N–H and O–H groups in total. The molecule has 104 valence electrons. The van der Waals surface area contributed by atoms with Crippen molar-refractivity contribution in [2.45, 2.75) is 39.0 Å². The molecule has 0 bridgehead atoms. The van der Waals surface area contributed by atoms with Gasteiger partial charge in [-0.25, -0.2) is 0 Å². The molecule has 0 atom stereocenters. The molecule has 1 heterocycles. The van der Waals surface area contributed by atoms with Crippen LogP contribution < -0.4 is 10.2 Å². The molecule has 0 spiro atoms. The molecule has 0 aromatic heterocycles. The Balaban J connectivity index is 2.22. The van der Waals surface area contributed by atoms with Gasteiger partial charge in [-0.2, -0.15) is 0 Å². The maximum atomic E-state index is 11.8. The zero-order valence-electron chi connectivity index (χ0n) is 11.4. The van der Waals surface area contributed by atoms with Crippen molar-refractivity contribution in [3.8, 4) is 0 Å². The lowest BCUT2D eigenvalue weighted by Gasteiger charge is -2.31. The summed E-state index contributed by atoms with van der Waals surface area (Å²) in [6.45, 7) is 4.03. The van der Waals surface area contributed by atoms with Crippen molar-refractivity contribution < 1.29 is 4.79 Å². The van der Waals surface area contributed by atoms with Gasteiger partial charge < -0.3 is 10.2 Å². The monoisotopic (exact) mass is 280 g/mol. The number of anilines is 2. The van der Waals surface area contributed by atoms with E-state index in [0.717, 1.165) is 35.9 Å². The van der Waals surface area contributed by atoms with E-state index >= 15 is 0 Å². The number of benzene rings is 1. The number of carbonyl (C=O) groups excluding carboxylic acids is 1. The van der Waals surface area contributed by atoms with Gasteiger partial charge in [0.05, 0.1) is 16.4 Å². The zero-order chi connectivity index (χ0) is 13.7. The van der Waals surface area contributed by atoms with Gasteiger partial charge in [-0.3, -0.25) is 4.79 Å². The van der Waals surface area contributed by atoms with Gasteiger partial charge >= 0.3 is 0 Å². The van der Waals surface area contributed by atoms with E-state index in [4.69, 9.17) is 11.6 Å². The predicted octanol–water partition coefficient (Wildman–Crippen LogP) is 4.07. The molecule has 19 heavy (non-hydrogen) atoms. The molecule has 3 nitrogen and oxygen atoms in total. The Morgan fingerprint density at radius 1 is 1.32 bits per heavy atom. The molecule has 2 rings (SSSR count). The molecule has 1 amide bonds. The lowest BCUT2D eigenvalue weighted by Crippen LogP contribution is -2.30. The third-order valence-corrected chi connectivity index (χ3v) is 3.72. The maximum Gasteiger partial charge on any atom is 0.224 e. The van der Waals surface area contributed by atoms with Gasteiger partial charge in [-0.15, -0.1) is 0 Å². The Morgan fingerprint density at radius 2 is 2.05 bits per heavy atom. The van der Waals surface area contributed by atoms with E-state index < -0.39 is 0 Å². The van der Waals surface area contributed by atoms with E-state index in [1.165, 1.54) is 19.3 Å². The number of carbonyl (C=O) groups is 1. The first kappa shape index (κ1) is 14.2. The van der Waals surface area contributed by atoms with Crippen LogP contribution in [0.5, 0.6) is 0 Å². The molecule has 0 aliphatic carbocycles. The fraction of sp³-hybridized carbons (Fsp3) is 0.533. The fourth-order valence-corrected chi connectivity index (χ4v) is 2.79. The fourth-order valence-electron chi connectivity index (χ4n) is 2.49. The summed E-state index contributed by atoms with van der Waals surface area (Å²) in [5.41, 5.74) is 1.82. The van der Waals surface area contributed by atoms with E-state index in [2.05, 4.69) is 10.2 Å². The van der Waals surface area contributed by atoms with Crippen LogP contribution >= 0.6 is 11.6 Å². The van der Waals surface area contributed by atoms with Gasteiger partial charge in [0.25, 0.3) is 0 Å². The van der Waals surface area contributed by atoms with Gasteiger partial charge in [0, 0.05) is 19.5 Å². The smallest absolute Gasteiger partial charge is 0.224 e. The van der Waals surface area contributed by atoms with Crippen molar-refractivity contribution in [3.05, 3.63) is 23.2 Å². The number of nitrogens with one attached hydrogen (secondary N) is 1. The van der Waals surface area contributed by atoms with Crippen molar-refractivity contribution in [2.24, 2.45) is 0 Å². The Hall–Kier alpha value is -1.22. The van der Waals surface area contributed by atoms with E-state index in [0.29, 0.717) is 6.42 Å². The number of nitrogens with zero attached hydrogens (tertiary/aromatic N) is 1. The van der Waals surface area contributed by atoms with E-state index in [-0.39, 0.29) is 5.91 Å². The van der Waals surface area contributed by atoms with Crippen LogP contribution in [-0.4, -0.2) is 19.0 Å². The highest BCUT2D eigenvalue weighted by atomic mass is 35.5. The third-order valence-electron chi connectivity index (χ3n) is 3.41. The molecular weight excluding hydrogens is 260 g/mol. The summed E-state index contributed by atoms with van der Waals surface area (Å²) in [5, 5.41) is 3.70. The lowest BCUT2D eigenvalue weighted by atomic mass is 10.1. The molecule has 0 unspecified atom stereocenters. The first-order chi connectivity index (χ1) is 9.22. The van der Waals surface area contributed by atoms with Crippen LogP contribution in [0, 0.1) is 0 Å². The molecule has 0 saturated carbocycles. The summed E-state index contributed by atoms with van der Waals surface area (Å²) in [6.07, 6.45) is 5.05.